The van der Waals surface area contributed by atoms with Gasteiger partial charge in [0.2, 0.25) is 5.88 Å². The summed E-state index contributed by atoms with van der Waals surface area (Å²) in [4.78, 5) is 17.7. The molecule has 0 bridgehead atoms. The maximum Gasteiger partial charge on any atom is 0.282 e. The molecular formula is C23H23N5O2. The van der Waals surface area contributed by atoms with Gasteiger partial charge in [0.1, 0.15) is 5.82 Å². The topological polar surface area (TPSA) is 85.3 Å². The van der Waals surface area contributed by atoms with E-state index in [0.717, 1.165) is 18.5 Å². The van der Waals surface area contributed by atoms with Crippen molar-refractivity contribution < 1.29 is 5.11 Å². The Hall–Kier alpha value is -3.74. The molecule has 0 atom stereocenters. The number of aryl methyl sites for hydroxylation is 2. The van der Waals surface area contributed by atoms with Gasteiger partial charge in [-0.25, -0.2) is 9.67 Å². The van der Waals surface area contributed by atoms with Crippen molar-refractivity contribution >= 4 is 17.1 Å². The third-order valence-electron chi connectivity index (χ3n) is 4.96. The quantitative estimate of drug-likeness (QED) is 0.498. The van der Waals surface area contributed by atoms with Crippen LogP contribution in [0.5, 0.6) is 5.88 Å². The second kappa shape index (κ2) is 8.32. The van der Waals surface area contributed by atoms with Crippen molar-refractivity contribution in [3.05, 3.63) is 82.0 Å². The van der Waals surface area contributed by atoms with Crippen molar-refractivity contribution in [2.75, 3.05) is 0 Å². The Morgan fingerprint density at radius 2 is 1.83 bits per heavy atom. The molecule has 0 saturated carbocycles. The van der Waals surface area contributed by atoms with Crippen LogP contribution >= 0.6 is 0 Å². The highest BCUT2D eigenvalue weighted by Gasteiger charge is 2.15. The van der Waals surface area contributed by atoms with E-state index in [-0.39, 0.29) is 11.4 Å². The Morgan fingerprint density at radius 3 is 2.60 bits per heavy atom. The highest BCUT2D eigenvalue weighted by atomic mass is 16.3. The Bertz CT molecular complexity index is 1270. The van der Waals surface area contributed by atoms with Crippen LogP contribution in [0.2, 0.25) is 0 Å². The zero-order valence-electron chi connectivity index (χ0n) is 17.0. The number of aromatic hydroxyl groups is 1. The molecule has 0 aliphatic rings. The van der Waals surface area contributed by atoms with E-state index in [2.05, 4.69) is 22.1 Å². The molecule has 0 unspecified atom stereocenters. The van der Waals surface area contributed by atoms with Crippen LogP contribution in [0.4, 0.5) is 0 Å². The van der Waals surface area contributed by atoms with E-state index < -0.39 is 0 Å². The van der Waals surface area contributed by atoms with E-state index in [9.17, 15) is 9.90 Å². The molecule has 0 saturated heterocycles. The molecule has 2 heterocycles. The molecule has 2 aromatic carbocycles. The fraction of sp³-hybridized carbons (Fsp3) is 0.217. The van der Waals surface area contributed by atoms with Gasteiger partial charge in [0.25, 0.3) is 5.56 Å². The Morgan fingerprint density at radius 1 is 1.10 bits per heavy atom. The maximum absolute atomic E-state index is 13.1. The number of para-hydroxylation sites is 2. The summed E-state index contributed by atoms with van der Waals surface area (Å²) in [6, 6.07) is 16.6. The predicted molar refractivity (Wildman–Crippen MR) is 118 cm³/mol. The summed E-state index contributed by atoms with van der Waals surface area (Å²) in [5.41, 5.74) is 2.25. The van der Waals surface area contributed by atoms with Crippen LogP contribution in [-0.4, -0.2) is 30.8 Å². The molecule has 7 heteroatoms. The number of unbranched alkanes of at least 4 members (excludes halogenated alkanes) is 1. The molecule has 0 fully saturated rings. The molecule has 4 rings (SSSR count). The maximum atomic E-state index is 13.1. The molecule has 152 valence electrons. The zero-order valence-corrected chi connectivity index (χ0v) is 17.0. The van der Waals surface area contributed by atoms with Gasteiger partial charge < -0.3 is 5.11 Å². The third-order valence-corrected chi connectivity index (χ3v) is 4.96. The average Bonchev–Trinajstić information content (AvgIpc) is 3.06. The van der Waals surface area contributed by atoms with Crippen LogP contribution in [0.15, 0.2) is 64.5 Å². The Balaban J connectivity index is 1.80. The number of fused-ring (bicyclic) bond motifs is 1. The van der Waals surface area contributed by atoms with E-state index in [1.807, 2.05) is 48.5 Å². The lowest BCUT2D eigenvalue weighted by Gasteiger charge is -2.08. The summed E-state index contributed by atoms with van der Waals surface area (Å²) in [7, 11) is 0. The fourth-order valence-electron chi connectivity index (χ4n) is 3.33. The smallest absolute Gasteiger partial charge is 0.282 e. The Labute approximate surface area is 173 Å². The molecule has 1 N–H and O–H groups in total. The molecule has 0 aliphatic heterocycles. The number of hydrogen-bond acceptors (Lipinski definition) is 5. The summed E-state index contributed by atoms with van der Waals surface area (Å²) < 4.78 is 2.78. The number of rotatable bonds is 6. The number of benzene rings is 2. The van der Waals surface area contributed by atoms with Gasteiger partial charge >= 0.3 is 0 Å². The van der Waals surface area contributed by atoms with Gasteiger partial charge in [-0.2, -0.15) is 14.9 Å². The molecular weight excluding hydrogens is 378 g/mol. The number of aromatic nitrogens is 4. The molecule has 0 radical (unpaired) electrons. The number of hydrogen-bond donors (Lipinski definition) is 1. The first-order chi connectivity index (χ1) is 14.6. The van der Waals surface area contributed by atoms with Crippen molar-refractivity contribution in [2.24, 2.45) is 5.10 Å². The van der Waals surface area contributed by atoms with Crippen molar-refractivity contribution in [2.45, 2.75) is 33.1 Å². The van der Waals surface area contributed by atoms with E-state index in [1.165, 1.54) is 15.6 Å². The zero-order chi connectivity index (χ0) is 21.1. The first-order valence-corrected chi connectivity index (χ1v) is 9.99. The van der Waals surface area contributed by atoms with Crippen molar-refractivity contribution in [1.29, 1.82) is 0 Å². The van der Waals surface area contributed by atoms with Gasteiger partial charge in [-0.3, -0.25) is 4.79 Å². The SMILES string of the molecule is CCCCc1nc2ccccc2c(=O)n1N=Cc1c(C)nn(-c2ccccc2)c1O. The van der Waals surface area contributed by atoms with Crippen LogP contribution in [0.1, 0.15) is 36.8 Å². The predicted octanol–water partition coefficient (Wildman–Crippen LogP) is 3.82. The normalized spacial score (nSPS) is 11.5. The number of nitrogens with zero attached hydrogens (tertiary/aromatic N) is 5. The van der Waals surface area contributed by atoms with Crippen LogP contribution in [0.3, 0.4) is 0 Å². The van der Waals surface area contributed by atoms with Gasteiger partial charge in [0.05, 0.1) is 34.1 Å². The molecule has 0 spiro atoms. The van der Waals surface area contributed by atoms with Crippen LogP contribution in [-0.2, 0) is 6.42 Å². The van der Waals surface area contributed by atoms with E-state index in [4.69, 9.17) is 0 Å². The van der Waals surface area contributed by atoms with Crippen LogP contribution in [0, 0.1) is 6.92 Å². The molecule has 30 heavy (non-hydrogen) atoms. The summed E-state index contributed by atoms with van der Waals surface area (Å²) in [6.07, 6.45) is 4.00. The minimum Gasteiger partial charge on any atom is -0.493 e. The van der Waals surface area contributed by atoms with Crippen LogP contribution in [0.25, 0.3) is 16.6 Å². The average molecular weight is 401 g/mol. The van der Waals surface area contributed by atoms with Gasteiger partial charge in [-0.15, -0.1) is 0 Å². The second-order valence-electron chi connectivity index (χ2n) is 7.08. The van der Waals surface area contributed by atoms with Gasteiger partial charge in [0, 0.05) is 6.42 Å². The second-order valence-corrected chi connectivity index (χ2v) is 7.08. The lowest BCUT2D eigenvalue weighted by atomic mass is 10.2. The van der Waals surface area contributed by atoms with E-state index in [0.29, 0.717) is 34.4 Å². The lowest BCUT2D eigenvalue weighted by molar-refractivity contribution is 0.433. The molecule has 7 nitrogen and oxygen atoms in total. The molecule has 0 amide bonds. The van der Waals surface area contributed by atoms with Gasteiger partial charge in [0.15, 0.2) is 0 Å². The standard InChI is InChI=1S/C23H23N5O2/c1-3-4-14-21-25-20-13-9-8-12-18(20)22(29)28(21)24-15-19-16(2)26-27(23(19)30)17-10-6-5-7-11-17/h5-13,15,30H,3-4,14H2,1-2H3. The van der Waals surface area contributed by atoms with Crippen molar-refractivity contribution in [3.63, 3.8) is 0 Å². The van der Waals surface area contributed by atoms with E-state index in [1.54, 1.807) is 13.0 Å². The minimum atomic E-state index is -0.226. The third kappa shape index (κ3) is 3.61. The van der Waals surface area contributed by atoms with Crippen molar-refractivity contribution in [1.82, 2.24) is 19.4 Å². The Kier molecular flexibility index (Phi) is 5.43. The summed E-state index contributed by atoms with van der Waals surface area (Å²) in [5, 5.41) is 20.0. The summed E-state index contributed by atoms with van der Waals surface area (Å²) in [6.45, 7) is 3.88. The van der Waals surface area contributed by atoms with E-state index >= 15 is 0 Å². The first kappa shape index (κ1) is 19.6. The van der Waals surface area contributed by atoms with Crippen LogP contribution < -0.4 is 5.56 Å². The highest BCUT2D eigenvalue weighted by Crippen LogP contribution is 2.23. The molecule has 0 aliphatic carbocycles. The van der Waals surface area contributed by atoms with Gasteiger partial charge in [-0.1, -0.05) is 43.7 Å². The highest BCUT2D eigenvalue weighted by molar-refractivity contribution is 5.84. The summed E-state index contributed by atoms with van der Waals surface area (Å²) in [5.74, 6) is 0.573. The fourth-order valence-corrected chi connectivity index (χ4v) is 3.33. The monoisotopic (exact) mass is 401 g/mol. The first-order valence-electron chi connectivity index (χ1n) is 9.99. The minimum absolute atomic E-state index is 0.0284. The molecule has 2 aromatic heterocycles. The van der Waals surface area contributed by atoms with Crippen molar-refractivity contribution in [3.8, 4) is 11.6 Å². The largest absolute Gasteiger partial charge is 0.493 e. The summed E-state index contributed by atoms with van der Waals surface area (Å²) >= 11 is 0. The lowest BCUT2D eigenvalue weighted by Crippen LogP contribution is -2.22. The molecule has 4 aromatic rings. The van der Waals surface area contributed by atoms with Gasteiger partial charge in [-0.05, 0) is 37.6 Å².